The van der Waals surface area contributed by atoms with E-state index >= 15 is 0 Å². The highest BCUT2D eigenvalue weighted by atomic mass is 35.5. The van der Waals surface area contributed by atoms with Crippen LogP contribution in [0.1, 0.15) is 30.2 Å². The van der Waals surface area contributed by atoms with E-state index in [2.05, 4.69) is 25.7 Å². The van der Waals surface area contributed by atoms with Crippen LogP contribution in [0.5, 0.6) is 11.5 Å². The van der Waals surface area contributed by atoms with Gasteiger partial charge in [0.25, 0.3) is 5.91 Å². The van der Waals surface area contributed by atoms with Crippen LogP contribution >= 0.6 is 11.6 Å². The highest BCUT2D eigenvalue weighted by Crippen LogP contribution is 2.31. The molecule has 180 valence electrons. The van der Waals surface area contributed by atoms with Crippen LogP contribution in [-0.2, 0) is 0 Å². The molecule has 0 aliphatic rings. The Hall–Kier alpha value is -4.11. The summed E-state index contributed by atoms with van der Waals surface area (Å²) in [6.07, 6.45) is 5.13. The summed E-state index contributed by atoms with van der Waals surface area (Å²) in [6, 6.07) is 12.4. The zero-order valence-corrected chi connectivity index (χ0v) is 20.5. The number of nitrogens with zero attached hydrogens (tertiary/aromatic N) is 4. The zero-order valence-electron chi connectivity index (χ0n) is 19.7. The summed E-state index contributed by atoms with van der Waals surface area (Å²) < 4.78 is 12.6. The lowest BCUT2D eigenvalue weighted by Crippen LogP contribution is -2.13. The van der Waals surface area contributed by atoms with Crippen molar-refractivity contribution in [1.82, 2.24) is 19.7 Å². The quantitative estimate of drug-likeness (QED) is 0.330. The molecule has 0 aliphatic heterocycles. The van der Waals surface area contributed by atoms with Crippen molar-refractivity contribution < 1.29 is 14.3 Å². The van der Waals surface area contributed by atoms with Gasteiger partial charge < -0.3 is 20.1 Å². The third-order valence-corrected chi connectivity index (χ3v) is 5.49. The maximum absolute atomic E-state index is 12.8. The van der Waals surface area contributed by atoms with E-state index in [9.17, 15) is 4.79 Å². The van der Waals surface area contributed by atoms with Crippen molar-refractivity contribution in [3.63, 3.8) is 0 Å². The molecule has 4 aromatic rings. The van der Waals surface area contributed by atoms with Crippen LogP contribution in [0.25, 0.3) is 11.3 Å². The molecule has 0 spiro atoms. The molecule has 0 aliphatic carbocycles. The first-order chi connectivity index (χ1) is 16.9. The van der Waals surface area contributed by atoms with E-state index in [1.807, 2.05) is 36.9 Å². The van der Waals surface area contributed by atoms with Gasteiger partial charge in [0.15, 0.2) is 0 Å². The molecule has 0 bridgehead atoms. The predicted octanol–water partition coefficient (Wildman–Crippen LogP) is 5.59. The Labute approximate surface area is 208 Å². The number of benzene rings is 2. The fraction of sp³-hybridized carbons (Fsp3) is 0.200. The van der Waals surface area contributed by atoms with Gasteiger partial charge in [-0.1, -0.05) is 23.7 Å². The molecule has 0 atom stereocenters. The smallest absolute Gasteiger partial charge is 0.255 e. The Morgan fingerprint density at radius 2 is 1.80 bits per heavy atom. The second-order valence-corrected chi connectivity index (χ2v) is 8.29. The van der Waals surface area contributed by atoms with Gasteiger partial charge in [-0.05, 0) is 44.2 Å². The molecule has 0 saturated heterocycles. The fourth-order valence-corrected chi connectivity index (χ4v) is 3.57. The summed E-state index contributed by atoms with van der Waals surface area (Å²) >= 11 is 6.36. The summed E-state index contributed by atoms with van der Waals surface area (Å²) in [5.41, 5.74) is 2.92. The van der Waals surface area contributed by atoms with Crippen LogP contribution in [0.3, 0.4) is 0 Å². The van der Waals surface area contributed by atoms with Gasteiger partial charge in [0.1, 0.15) is 11.5 Å². The van der Waals surface area contributed by atoms with Crippen LogP contribution in [0.4, 0.5) is 17.3 Å². The van der Waals surface area contributed by atoms with Crippen LogP contribution in [0.2, 0.25) is 5.02 Å². The van der Waals surface area contributed by atoms with Crippen LogP contribution in [0, 0.1) is 0 Å². The highest BCUT2D eigenvalue weighted by Gasteiger charge is 2.15. The number of aromatic nitrogens is 4. The molecule has 0 unspecified atom stereocenters. The second-order valence-electron chi connectivity index (χ2n) is 7.89. The molecule has 0 fully saturated rings. The number of rotatable bonds is 8. The SMILES string of the molecule is COc1ccccc1NC(=O)c1ccc(Nc2ncc(Cl)c(-c3cnn(C(C)C)c3)n2)c(OC)c1. The molecule has 10 heteroatoms. The molecule has 2 N–H and O–H groups in total. The first kappa shape index (κ1) is 24.0. The molecule has 0 radical (unpaired) electrons. The lowest BCUT2D eigenvalue weighted by Gasteiger charge is -2.13. The summed E-state index contributed by atoms with van der Waals surface area (Å²) in [6.45, 7) is 4.08. The van der Waals surface area contributed by atoms with E-state index in [1.54, 1.807) is 43.6 Å². The molecule has 2 heterocycles. The number of carbonyl (C=O) groups excluding carboxylic acids is 1. The van der Waals surface area contributed by atoms with E-state index in [-0.39, 0.29) is 11.9 Å². The normalized spacial score (nSPS) is 10.8. The van der Waals surface area contributed by atoms with Crippen LogP contribution in [-0.4, -0.2) is 39.9 Å². The second kappa shape index (κ2) is 10.4. The Bertz CT molecular complexity index is 1350. The van der Waals surface area contributed by atoms with Gasteiger partial charge in [0, 0.05) is 23.4 Å². The Morgan fingerprint density at radius 3 is 2.51 bits per heavy atom. The summed E-state index contributed by atoms with van der Waals surface area (Å²) in [5, 5.41) is 10.8. The molecule has 9 nitrogen and oxygen atoms in total. The standard InChI is InChI=1S/C25H25ClN6O3/c1-15(2)32-14-17(12-28-32)23-18(26)13-27-25(31-23)30-20-10-9-16(11-22(20)35-4)24(33)29-19-7-5-6-8-21(19)34-3/h5-15H,1-4H3,(H,29,33)(H,27,30,31). The van der Waals surface area contributed by atoms with Gasteiger partial charge >= 0.3 is 0 Å². The van der Waals surface area contributed by atoms with E-state index in [0.29, 0.717) is 45.1 Å². The lowest BCUT2D eigenvalue weighted by molar-refractivity contribution is 0.102. The number of amides is 1. The Balaban J connectivity index is 1.56. The first-order valence-corrected chi connectivity index (χ1v) is 11.2. The molecule has 2 aromatic carbocycles. The molecule has 4 rings (SSSR count). The van der Waals surface area contributed by atoms with Crippen molar-refractivity contribution in [1.29, 1.82) is 0 Å². The van der Waals surface area contributed by atoms with Gasteiger partial charge in [-0.3, -0.25) is 9.48 Å². The highest BCUT2D eigenvalue weighted by molar-refractivity contribution is 6.32. The van der Waals surface area contributed by atoms with Crippen molar-refractivity contribution in [2.75, 3.05) is 24.9 Å². The number of para-hydroxylation sites is 2. The van der Waals surface area contributed by atoms with Crippen molar-refractivity contribution in [2.45, 2.75) is 19.9 Å². The number of methoxy groups -OCH3 is 2. The molecular formula is C25H25ClN6O3. The van der Waals surface area contributed by atoms with E-state index < -0.39 is 0 Å². The van der Waals surface area contributed by atoms with Crippen molar-refractivity contribution in [3.05, 3.63) is 71.6 Å². The summed E-state index contributed by atoms with van der Waals surface area (Å²) in [7, 11) is 3.08. The first-order valence-electron chi connectivity index (χ1n) is 10.9. The molecule has 35 heavy (non-hydrogen) atoms. The van der Waals surface area contributed by atoms with E-state index in [4.69, 9.17) is 21.1 Å². The maximum atomic E-state index is 12.8. The fourth-order valence-electron chi connectivity index (χ4n) is 3.37. The summed E-state index contributed by atoms with van der Waals surface area (Å²) in [5.74, 6) is 1.05. The molecule has 1 amide bonds. The lowest BCUT2D eigenvalue weighted by atomic mass is 10.1. The van der Waals surface area contributed by atoms with Crippen molar-refractivity contribution >= 4 is 34.8 Å². The van der Waals surface area contributed by atoms with Gasteiger partial charge in [-0.15, -0.1) is 0 Å². The zero-order chi connectivity index (χ0) is 24.9. The minimum absolute atomic E-state index is 0.213. The minimum atomic E-state index is -0.299. The average Bonchev–Trinajstić information content (AvgIpc) is 3.36. The van der Waals surface area contributed by atoms with Gasteiger partial charge in [0.05, 0.1) is 48.7 Å². The largest absolute Gasteiger partial charge is 0.495 e. The van der Waals surface area contributed by atoms with Crippen molar-refractivity contribution in [2.24, 2.45) is 0 Å². The van der Waals surface area contributed by atoms with Gasteiger partial charge in [-0.2, -0.15) is 5.10 Å². The maximum Gasteiger partial charge on any atom is 0.255 e. The Morgan fingerprint density at radius 1 is 1.03 bits per heavy atom. The summed E-state index contributed by atoms with van der Waals surface area (Å²) in [4.78, 5) is 21.7. The topological polar surface area (TPSA) is 103 Å². The number of halogens is 1. The predicted molar refractivity (Wildman–Crippen MR) is 136 cm³/mol. The third-order valence-electron chi connectivity index (χ3n) is 5.21. The van der Waals surface area contributed by atoms with Gasteiger partial charge in [-0.25, -0.2) is 9.97 Å². The number of hydrogen-bond acceptors (Lipinski definition) is 7. The molecule has 2 aromatic heterocycles. The monoisotopic (exact) mass is 492 g/mol. The van der Waals surface area contributed by atoms with Crippen LogP contribution < -0.4 is 20.1 Å². The average molecular weight is 493 g/mol. The number of hydrogen-bond donors (Lipinski definition) is 2. The Kier molecular flexibility index (Phi) is 7.17. The number of carbonyl (C=O) groups is 1. The van der Waals surface area contributed by atoms with E-state index in [0.717, 1.165) is 5.56 Å². The minimum Gasteiger partial charge on any atom is -0.495 e. The molecular weight excluding hydrogens is 468 g/mol. The number of ether oxygens (including phenoxy) is 2. The van der Waals surface area contributed by atoms with Crippen molar-refractivity contribution in [3.8, 4) is 22.8 Å². The third kappa shape index (κ3) is 5.36. The number of anilines is 3. The number of nitrogens with one attached hydrogen (secondary N) is 2. The van der Waals surface area contributed by atoms with E-state index in [1.165, 1.54) is 13.3 Å². The molecule has 0 saturated carbocycles. The van der Waals surface area contributed by atoms with Gasteiger partial charge in [0.2, 0.25) is 5.95 Å². The van der Waals surface area contributed by atoms with Crippen LogP contribution in [0.15, 0.2) is 61.1 Å².